The minimum atomic E-state index is -0.517. The van der Waals surface area contributed by atoms with Gasteiger partial charge in [-0.1, -0.05) is 23.7 Å². The number of hydrogen-bond acceptors (Lipinski definition) is 5. The summed E-state index contributed by atoms with van der Waals surface area (Å²) in [6.45, 7) is 1.82. The Morgan fingerprint density at radius 1 is 1.32 bits per heavy atom. The van der Waals surface area contributed by atoms with Crippen LogP contribution >= 0.6 is 11.6 Å². The summed E-state index contributed by atoms with van der Waals surface area (Å²) in [6.07, 6.45) is 2.99. The quantitative estimate of drug-likeness (QED) is 0.751. The van der Waals surface area contributed by atoms with Gasteiger partial charge in [-0.2, -0.15) is 10.1 Å². The summed E-state index contributed by atoms with van der Waals surface area (Å²) in [6, 6.07) is 10.1. The number of furan rings is 1. The highest BCUT2D eigenvalue weighted by Gasteiger charge is 2.35. The molecule has 0 fully saturated rings. The standard InChI is InChI=1S/C17H14ClN5O2/c1-10-14(16(24)22-12-6-3-2-5-11(12)18)15(13-7-4-8-25-13)23-17(21-10)19-9-20-23/h2-9,15H,1H3,(H,22,24)(H,19,20,21)/t15-/m1/s1. The minimum Gasteiger partial charge on any atom is -0.467 e. The van der Waals surface area contributed by atoms with E-state index in [9.17, 15) is 4.79 Å². The second kappa shape index (κ2) is 6.10. The van der Waals surface area contributed by atoms with Gasteiger partial charge in [0.1, 0.15) is 18.1 Å². The van der Waals surface area contributed by atoms with Crippen LogP contribution in [0.25, 0.3) is 0 Å². The van der Waals surface area contributed by atoms with Gasteiger partial charge < -0.3 is 15.1 Å². The molecule has 2 aromatic heterocycles. The average Bonchev–Trinajstić information content (AvgIpc) is 3.26. The van der Waals surface area contributed by atoms with Crippen molar-refractivity contribution in [2.45, 2.75) is 13.0 Å². The Kier molecular flexibility index (Phi) is 3.77. The number of para-hydroxylation sites is 1. The predicted molar refractivity (Wildman–Crippen MR) is 93.3 cm³/mol. The molecule has 0 unspecified atom stereocenters. The molecule has 7 nitrogen and oxygen atoms in total. The van der Waals surface area contributed by atoms with Crippen molar-refractivity contribution in [3.8, 4) is 0 Å². The van der Waals surface area contributed by atoms with E-state index in [0.29, 0.717) is 33.7 Å². The SMILES string of the molecule is CC1=C(C(=O)Nc2ccccc2Cl)[C@@H](c2ccco2)n2ncnc2N1. The average molecular weight is 356 g/mol. The molecule has 1 aliphatic heterocycles. The second-order valence-electron chi connectivity index (χ2n) is 5.54. The van der Waals surface area contributed by atoms with Crippen LogP contribution in [0.2, 0.25) is 5.02 Å². The van der Waals surface area contributed by atoms with Crippen LogP contribution in [0, 0.1) is 0 Å². The number of benzene rings is 1. The highest BCUT2D eigenvalue weighted by molar-refractivity contribution is 6.33. The number of rotatable bonds is 3. The van der Waals surface area contributed by atoms with Crippen molar-refractivity contribution < 1.29 is 9.21 Å². The molecule has 1 aliphatic rings. The Labute approximate surface area is 148 Å². The van der Waals surface area contributed by atoms with Crippen molar-refractivity contribution in [1.82, 2.24) is 14.8 Å². The molecule has 1 atom stereocenters. The molecule has 25 heavy (non-hydrogen) atoms. The fraction of sp³-hybridized carbons (Fsp3) is 0.118. The summed E-state index contributed by atoms with van der Waals surface area (Å²) in [5, 5.41) is 10.6. The number of halogens is 1. The fourth-order valence-corrected chi connectivity index (χ4v) is 3.03. The number of carbonyl (C=O) groups is 1. The van der Waals surface area contributed by atoms with Gasteiger partial charge in [0.2, 0.25) is 5.95 Å². The van der Waals surface area contributed by atoms with Gasteiger partial charge in [0.25, 0.3) is 5.91 Å². The van der Waals surface area contributed by atoms with Crippen LogP contribution in [-0.2, 0) is 4.79 Å². The van der Waals surface area contributed by atoms with Crippen LogP contribution in [0.3, 0.4) is 0 Å². The lowest BCUT2D eigenvalue weighted by atomic mass is 10.00. The number of anilines is 2. The molecule has 3 heterocycles. The van der Waals surface area contributed by atoms with E-state index in [2.05, 4.69) is 20.7 Å². The Hall–Kier alpha value is -3.06. The summed E-state index contributed by atoms with van der Waals surface area (Å²) < 4.78 is 7.16. The van der Waals surface area contributed by atoms with Crippen LogP contribution in [0.1, 0.15) is 18.7 Å². The van der Waals surface area contributed by atoms with Crippen molar-refractivity contribution in [2.24, 2.45) is 0 Å². The molecule has 8 heteroatoms. The molecule has 126 valence electrons. The number of nitrogens with one attached hydrogen (secondary N) is 2. The Bertz CT molecular complexity index is 961. The normalized spacial score (nSPS) is 16.3. The van der Waals surface area contributed by atoms with Crippen molar-refractivity contribution >= 4 is 29.1 Å². The fourth-order valence-electron chi connectivity index (χ4n) is 2.85. The number of nitrogens with zero attached hydrogens (tertiary/aromatic N) is 3. The van der Waals surface area contributed by atoms with Gasteiger partial charge in [0.15, 0.2) is 0 Å². The molecule has 0 bridgehead atoms. The van der Waals surface area contributed by atoms with E-state index in [-0.39, 0.29) is 5.91 Å². The van der Waals surface area contributed by atoms with E-state index >= 15 is 0 Å². The maximum atomic E-state index is 13.0. The number of allylic oxidation sites excluding steroid dienone is 1. The van der Waals surface area contributed by atoms with Gasteiger partial charge in [-0.15, -0.1) is 0 Å². The zero-order valence-electron chi connectivity index (χ0n) is 13.2. The van der Waals surface area contributed by atoms with Gasteiger partial charge in [-0.25, -0.2) is 4.68 Å². The van der Waals surface area contributed by atoms with Crippen molar-refractivity contribution in [2.75, 3.05) is 10.6 Å². The first-order valence-electron chi connectivity index (χ1n) is 7.61. The topological polar surface area (TPSA) is 85.0 Å². The maximum absolute atomic E-state index is 13.0. The number of hydrogen-bond donors (Lipinski definition) is 2. The third-order valence-corrected chi connectivity index (χ3v) is 4.30. The van der Waals surface area contributed by atoms with E-state index in [1.54, 1.807) is 47.3 Å². The lowest BCUT2D eigenvalue weighted by Gasteiger charge is -2.27. The molecular formula is C17H14ClN5O2. The molecule has 1 amide bonds. The first-order valence-corrected chi connectivity index (χ1v) is 7.99. The number of amides is 1. The van der Waals surface area contributed by atoms with E-state index in [1.165, 1.54) is 6.33 Å². The maximum Gasteiger partial charge on any atom is 0.256 e. The summed E-state index contributed by atoms with van der Waals surface area (Å²) in [5.74, 6) is 0.853. The largest absolute Gasteiger partial charge is 0.467 e. The summed E-state index contributed by atoms with van der Waals surface area (Å²) >= 11 is 6.15. The van der Waals surface area contributed by atoms with Gasteiger partial charge in [0.05, 0.1) is 22.5 Å². The van der Waals surface area contributed by atoms with Crippen LogP contribution in [-0.4, -0.2) is 20.7 Å². The van der Waals surface area contributed by atoms with E-state index in [4.69, 9.17) is 16.0 Å². The Morgan fingerprint density at radius 2 is 2.16 bits per heavy atom. The van der Waals surface area contributed by atoms with Crippen LogP contribution in [0.15, 0.2) is 64.7 Å². The molecular weight excluding hydrogens is 342 g/mol. The minimum absolute atomic E-state index is 0.291. The van der Waals surface area contributed by atoms with Gasteiger partial charge in [-0.05, 0) is 31.2 Å². The van der Waals surface area contributed by atoms with Gasteiger partial charge >= 0.3 is 0 Å². The van der Waals surface area contributed by atoms with E-state index < -0.39 is 6.04 Å². The molecule has 4 rings (SSSR count). The number of carbonyl (C=O) groups excluding carboxylic acids is 1. The number of fused-ring (bicyclic) bond motifs is 1. The number of aromatic nitrogens is 3. The predicted octanol–water partition coefficient (Wildman–Crippen LogP) is 3.45. The molecule has 0 aliphatic carbocycles. The van der Waals surface area contributed by atoms with E-state index in [0.717, 1.165) is 0 Å². The summed E-state index contributed by atoms with van der Waals surface area (Å²) in [7, 11) is 0. The Balaban J connectivity index is 1.76. The lowest BCUT2D eigenvalue weighted by molar-refractivity contribution is -0.113. The molecule has 0 saturated heterocycles. The third-order valence-electron chi connectivity index (χ3n) is 3.97. The Morgan fingerprint density at radius 3 is 2.92 bits per heavy atom. The van der Waals surface area contributed by atoms with Crippen LogP contribution in [0.5, 0.6) is 0 Å². The van der Waals surface area contributed by atoms with Crippen LogP contribution < -0.4 is 10.6 Å². The first kappa shape index (κ1) is 15.5. The molecule has 0 spiro atoms. The highest BCUT2D eigenvalue weighted by atomic mass is 35.5. The zero-order valence-corrected chi connectivity index (χ0v) is 14.0. The molecule has 2 N–H and O–H groups in total. The lowest BCUT2D eigenvalue weighted by Crippen LogP contribution is -2.31. The molecule has 0 saturated carbocycles. The molecule has 1 aromatic carbocycles. The highest BCUT2D eigenvalue weighted by Crippen LogP contribution is 2.35. The van der Waals surface area contributed by atoms with Gasteiger partial charge in [-0.3, -0.25) is 4.79 Å². The molecule has 3 aromatic rings. The van der Waals surface area contributed by atoms with Crippen molar-refractivity contribution in [3.05, 3.63) is 71.0 Å². The monoisotopic (exact) mass is 355 g/mol. The summed E-state index contributed by atoms with van der Waals surface area (Å²) in [4.78, 5) is 17.2. The summed E-state index contributed by atoms with van der Waals surface area (Å²) in [5.41, 5.74) is 1.69. The zero-order chi connectivity index (χ0) is 17.4. The van der Waals surface area contributed by atoms with Gasteiger partial charge in [0, 0.05) is 5.70 Å². The second-order valence-corrected chi connectivity index (χ2v) is 5.95. The van der Waals surface area contributed by atoms with Crippen molar-refractivity contribution in [1.29, 1.82) is 0 Å². The van der Waals surface area contributed by atoms with Crippen molar-refractivity contribution in [3.63, 3.8) is 0 Å². The van der Waals surface area contributed by atoms with Crippen LogP contribution in [0.4, 0.5) is 11.6 Å². The third kappa shape index (κ3) is 2.68. The smallest absolute Gasteiger partial charge is 0.256 e. The first-order chi connectivity index (χ1) is 12.1. The molecule has 0 radical (unpaired) electrons. The van der Waals surface area contributed by atoms with E-state index in [1.807, 2.05) is 6.92 Å².